The van der Waals surface area contributed by atoms with E-state index in [0.29, 0.717) is 11.6 Å². The van der Waals surface area contributed by atoms with E-state index in [1.807, 2.05) is 48.5 Å². The Kier molecular flexibility index (Phi) is 4.63. The van der Waals surface area contributed by atoms with Crippen LogP contribution in [-0.4, -0.2) is 35.7 Å². The van der Waals surface area contributed by atoms with Gasteiger partial charge >= 0.3 is 0 Å². The number of benzene rings is 2. The van der Waals surface area contributed by atoms with Crippen molar-refractivity contribution < 1.29 is 14.4 Å². The Balaban J connectivity index is 1.80. The van der Waals surface area contributed by atoms with Crippen molar-refractivity contribution in [1.82, 2.24) is 0 Å². The summed E-state index contributed by atoms with van der Waals surface area (Å²) in [6, 6.07) is 15.4. The fourth-order valence-electron chi connectivity index (χ4n) is 4.05. The number of ether oxygens (including phenoxy) is 1. The zero-order valence-corrected chi connectivity index (χ0v) is 15.7. The number of methoxy groups -OCH3 is 1. The van der Waals surface area contributed by atoms with Crippen molar-refractivity contribution in [3.63, 3.8) is 0 Å². The number of halogens is 1. The van der Waals surface area contributed by atoms with Gasteiger partial charge in [0.25, 0.3) is 11.6 Å². The van der Waals surface area contributed by atoms with Crippen molar-refractivity contribution >= 4 is 23.1 Å². The zero-order chi connectivity index (χ0) is 18.1. The normalized spacial score (nSPS) is 23.0. The van der Waals surface area contributed by atoms with Crippen molar-refractivity contribution in [2.75, 3.05) is 25.1 Å². The molecular weight excluding hydrogens is 348 g/mol. The second-order valence-electron chi connectivity index (χ2n) is 7.01. The molecule has 0 aromatic heterocycles. The first-order chi connectivity index (χ1) is 12.6. The summed E-state index contributed by atoms with van der Waals surface area (Å²) in [7, 11) is 1.65. The van der Waals surface area contributed by atoms with Crippen LogP contribution in [0, 0.1) is 0 Å². The number of nitrogens with zero attached hydrogens (tertiary/aromatic N) is 2. The lowest BCUT2D eigenvalue weighted by molar-refractivity contribution is -0.534. The molecule has 4 nitrogen and oxygen atoms in total. The molecule has 0 fully saturated rings. The average Bonchev–Trinajstić information content (AvgIpc) is 2.80. The van der Waals surface area contributed by atoms with Gasteiger partial charge in [-0.05, 0) is 67.8 Å². The van der Waals surface area contributed by atoms with E-state index in [1.165, 1.54) is 12.3 Å². The third-order valence-electron chi connectivity index (χ3n) is 5.37. The highest BCUT2D eigenvalue weighted by molar-refractivity contribution is 6.30. The standard InChI is InChI=1S/C21H24ClN2O2/c1-26-19-12-6-16(7-13-19)21(25)15-23-14-4-2-3-5-20(23)24(21)18-10-8-17(22)9-11-18/h6-13,25H,2-5,14-15H2,1H3/q+1. The van der Waals surface area contributed by atoms with Gasteiger partial charge in [-0.25, -0.2) is 0 Å². The molecule has 2 aromatic carbocycles. The first-order valence-corrected chi connectivity index (χ1v) is 9.53. The molecule has 0 amide bonds. The summed E-state index contributed by atoms with van der Waals surface area (Å²) >= 11 is 6.09. The van der Waals surface area contributed by atoms with E-state index >= 15 is 0 Å². The lowest BCUT2D eigenvalue weighted by atomic mass is 9.99. The molecule has 0 saturated carbocycles. The lowest BCUT2D eigenvalue weighted by Crippen LogP contribution is -2.47. The molecule has 0 aliphatic carbocycles. The van der Waals surface area contributed by atoms with E-state index in [2.05, 4.69) is 9.48 Å². The minimum absolute atomic E-state index is 0.567. The first kappa shape index (κ1) is 17.4. The summed E-state index contributed by atoms with van der Waals surface area (Å²) < 4.78 is 7.61. The lowest BCUT2D eigenvalue weighted by Gasteiger charge is -2.29. The third-order valence-corrected chi connectivity index (χ3v) is 5.62. The third kappa shape index (κ3) is 2.97. The summed E-state index contributed by atoms with van der Waals surface area (Å²) in [4.78, 5) is 2.09. The monoisotopic (exact) mass is 371 g/mol. The van der Waals surface area contributed by atoms with Gasteiger partial charge in [-0.3, -0.25) is 4.58 Å². The molecular formula is C21H24ClN2O2+. The number of anilines is 1. The molecule has 136 valence electrons. The highest BCUT2D eigenvalue weighted by Crippen LogP contribution is 2.38. The summed E-state index contributed by atoms with van der Waals surface area (Å²) in [6.45, 7) is 1.55. The maximum atomic E-state index is 11.8. The molecule has 2 aliphatic rings. The van der Waals surface area contributed by atoms with Gasteiger partial charge in [0.2, 0.25) is 0 Å². The molecule has 1 N–H and O–H groups in total. The topological polar surface area (TPSA) is 35.7 Å². The van der Waals surface area contributed by atoms with Crippen LogP contribution in [0.4, 0.5) is 5.69 Å². The number of amidine groups is 1. The Bertz CT molecular complexity index is 817. The van der Waals surface area contributed by atoms with Crippen LogP contribution in [0.1, 0.15) is 31.2 Å². The number of hydrogen-bond donors (Lipinski definition) is 1. The van der Waals surface area contributed by atoms with Gasteiger partial charge in [-0.1, -0.05) is 11.6 Å². The van der Waals surface area contributed by atoms with Gasteiger partial charge in [0, 0.05) is 17.0 Å². The molecule has 2 heterocycles. The predicted octanol–water partition coefficient (Wildman–Crippen LogP) is 4.00. The van der Waals surface area contributed by atoms with E-state index in [1.54, 1.807) is 7.11 Å². The molecule has 1 unspecified atom stereocenters. The van der Waals surface area contributed by atoms with Crippen molar-refractivity contribution in [1.29, 1.82) is 0 Å². The van der Waals surface area contributed by atoms with Crippen molar-refractivity contribution in [2.24, 2.45) is 0 Å². The van der Waals surface area contributed by atoms with E-state index in [-0.39, 0.29) is 0 Å². The smallest absolute Gasteiger partial charge is 0.275 e. The van der Waals surface area contributed by atoms with Gasteiger partial charge in [-0.2, -0.15) is 4.90 Å². The van der Waals surface area contributed by atoms with E-state index in [0.717, 1.165) is 42.8 Å². The van der Waals surface area contributed by atoms with Crippen molar-refractivity contribution in [3.8, 4) is 5.75 Å². The Morgan fingerprint density at radius 2 is 1.77 bits per heavy atom. The Labute approximate surface area is 159 Å². The summed E-state index contributed by atoms with van der Waals surface area (Å²) in [5, 5.41) is 12.5. The van der Waals surface area contributed by atoms with Gasteiger partial charge in [0.15, 0.2) is 6.54 Å². The molecule has 0 radical (unpaired) electrons. The molecule has 2 aliphatic heterocycles. The predicted molar refractivity (Wildman–Crippen MR) is 104 cm³/mol. The maximum absolute atomic E-state index is 11.8. The van der Waals surface area contributed by atoms with Gasteiger partial charge in [0.1, 0.15) is 11.4 Å². The Morgan fingerprint density at radius 1 is 1.04 bits per heavy atom. The number of hydrogen-bond acceptors (Lipinski definition) is 3. The Hall–Kier alpha value is -2.04. The van der Waals surface area contributed by atoms with Crippen molar-refractivity contribution in [3.05, 3.63) is 59.1 Å². The van der Waals surface area contributed by atoms with Crippen molar-refractivity contribution in [2.45, 2.75) is 31.4 Å². The molecule has 1 atom stereocenters. The van der Waals surface area contributed by atoms with Crippen LogP contribution in [0.5, 0.6) is 5.75 Å². The maximum Gasteiger partial charge on any atom is 0.275 e. The molecule has 0 saturated heterocycles. The van der Waals surface area contributed by atoms with Crippen LogP contribution in [-0.2, 0) is 5.72 Å². The van der Waals surface area contributed by atoms with Gasteiger partial charge < -0.3 is 9.84 Å². The average molecular weight is 372 g/mol. The summed E-state index contributed by atoms with van der Waals surface area (Å²) in [5.74, 6) is 1.98. The van der Waals surface area contributed by atoms with Crippen LogP contribution in [0.15, 0.2) is 48.5 Å². The largest absolute Gasteiger partial charge is 0.497 e. The highest BCUT2D eigenvalue weighted by Gasteiger charge is 2.53. The molecule has 4 rings (SSSR count). The second-order valence-corrected chi connectivity index (χ2v) is 7.44. The van der Waals surface area contributed by atoms with Gasteiger partial charge in [0.05, 0.1) is 13.7 Å². The fourth-order valence-corrected chi connectivity index (χ4v) is 4.18. The zero-order valence-electron chi connectivity index (χ0n) is 15.0. The van der Waals surface area contributed by atoms with Crippen LogP contribution >= 0.6 is 11.6 Å². The second kappa shape index (κ2) is 6.93. The number of aliphatic hydroxyl groups is 1. The first-order valence-electron chi connectivity index (χ1n) is 9.15. The SMILES string of the molecule is COc1ccc(C2(O)C[N+]3=C(CCCCC3)N2c2ccc(Cl)cc2)cc1. The summed E-state index contributed by atoms with van der Waals surface area (Å²) in [5.41, 5.74) is 0.730. The minimum Gasteiger partial charge on any atom is -0.497 e. The highest BCUT2D eigenvalue weighted by atomic mass is 35.5. The molecule has 0 bridgehead atoms. The van der Waals surface area contributed by atoms with Crippen LogP contribution in [0.3, 0.4) is 0 Å². The molecule has 26 heavy (non-hydrogen) atoms. The summed E-state index contributed by atoms with van der Waals surface area (Å²) in [6.07, 6.45) is 4.52. The molecule has 5 heteroatoms. The minimum atomic E-state index is -1.10. The van der Waals surface area contributed by atoms with Gasteiger partial charge in [-0.15, -0.1) is 0 Å². The van der Waals surface area contributed by atoms with E-state index < -0.39 is 5.72 Å². The molecule has 0 spiro atoms. The van der Waals surface area contributed by atoms with E-state index in [4.69, 9.17) is 16.3 Å². The number of rotatable bonds is 3. The van der Waals surface area contributed by atoms with Crippen LogP contribution < -0.4 is 9.64 Å². The van der Waals surface area contributed by atoms with Crippen LogP contribution in [0.25, 0.3) is 0 Å². The fraction of sp³-hybridized carbons (Fsp3) is 0.381. The van der Waals surface area contributed by atoms with E-state index in [9.17, 15) is 5.11 Å². The van der Waals surface area contributed by atoms with Crippen LogP contribution in [0.2, 0.25) is 5.02 Å². The Morgan fingerprint density at radius 3 is 2.46 bits per heavy atom. The quantitative estimate of drug-likeness (QED) is 0.828. The molecule has 2 aromatic rings.